The highest BCUT2D eigenvalue weighted by Gasteiger charge is 2.27. The van der Waals surface area contributed by atoms with Gasteiger partial charge in [0.25, 0.3) is 11.8 Å². The molecule has 0 saturated carbocycles. The third-order valence-electron chi connectivity index (χ3n) is 3.57. The lowest BCUT2D eigenvalue weighted by atomic mass is 10.1. The molecule has 2 heterocycles. The van der Waals surface area contributed by atoms with Crippen LogP contribution in [-0.2, 0) is 9.53 Å². The number of nitrogens with zero attached hydrogens (tertiary/aromatic N) is 1. The summed E-state index contributed by atoms with van der Waals surface area (Å²) in [4.78, 5) is 25.6. The van der Waals surface area contributed by atoms with Gasteiger partial charge in [-0.1, -0.05) is 0 Å². The number of hydrogen-bond acceptors (Lipinski definition) is 4. The fourth-order valence-electron chi connectivity index (χ4n) is 2.73. The molecule has 2 amide bonds. The molecule has 3 rings (SSSR count). The van der Waals surface area contributed by atoms with E-state index >= 15 is 0 Å². The summed E-state index contributed by atoms with van der Waals surface area (Å²) in [6.45, 7) is 5.06. The molecule has 0 aromatic heterocycles. The highest BCUT2D eigenvalue weighted by molar-refractivity contribution is 5.99. The first-order valence-corrected chi connectivity index (χ1v) is 7.04. The second-order valence-corrected chi connectivity index (χ2v) is 5.52. The molecule has 0 bridgehead atoms. The van der Waals surface area contributed by atoms with Crippen LogP contribution in [0.25, 0.3) is 0 Å². The van der Waals surface area contributed by atoms with Crippen LogP contribution in [0.5, 0.6) is 5.75 Å². The minimum Gasteiger partial charge on any atom is -0.482 e. The molecule has 0 spiro atoms. The summed E-state index contributed by atoms with van der Waals surface area (Å²) in [5, 5.41) is 2.71. The molecular weight excluding hydrogens is 272 g/mol. The van der Waals surface area contributed by atoms with Crippen molar-refractivity contribution in [2.24, 2.45) is 0 Å². The summed E-state index contributed by atoms with van der Waals surface area (Å²) in [6.07, 6.45) is 0.0664. The number of anilines is 1. The molecule has 2 aliphatic rings. The summed E-state index contributed by atoms with van der Waals surface area (Å²) in [7, 11) is 0. The normalized spacial score (nSPS) is 24.9. The number of carbonyl (C=O) groups is 2. The number of fused-ring (bicyclic) bond motifs is 1. The smallest absolute Gasteiger partial charge is 0.262 e. The van der Waals surface area contributed by atoms with Crippen molar-refractivity contribution in [1.29, 1.82) is 0 Å². The zero-order chi connectivity index (χ0) is 15.0. The number of carbonyl (C=O) groups excluding carboxylic acids is 2. The van der Waals surface area contributed by atoms with Gasteiger partial charge in [0.2, 0.25) is 0 Å². The lowest BCUT2D eigenvalue weighted by Crippen LogP contribution is -2.48. The summed E-state index contributed by atoms with van der Waals surface area (Å²) in [6, 6.07) is 5.09. The Morgan fingerprint density at radius 2 is 2.00 bits per heavy atom. The molecule has 2 aliphatic heterocycles. The molecule has 1 saturated heterocycles. The zero-order valence-corrected chi connectivity index (χ0v) is 12.1. The highest BCUT2D eigenvalue weighted by atomic mass is 16.5. The van der Waals surface area contributed by atoms with Gasteiger partial charge in [0.15, 0.2) is 6.61 Å². The largest absolute Gasteiger partial charge is 0.482 e. The molecule has 1 aromatic carbocycles. The number of ether oxygens (including phenoxy) is 2. The Balaban J connectivity index is 1.80. The van der Waals surface area contributed by atoms with Gasteiger partial charge in [-0.25, -0.2) is 0 Å². The first kappa shape index (κ1) is 13.9. The molecule has 1 N–H and O–H groups in total. The third kappa shape index (κ3) is 2.85. The molecule has 0 radical (unpaired) electrons. The Bertz CT molecular complexity index is 577. The number of amides is 2. The van der Waals surface area contributed by atoms with E-state index in [9.17, 15) is 9.59 Å². The Kier molecular flexibility index (Phi) is 3.55. The Labute approximate surface area is 123 Å². The number of nitrogens with one attached hydrogen (secondary N) is 1. The number of rotatable bonds is 1. The Morgan fingerprint density at radius 3 is 2.71 bits per heavy atom. The lowest BCUT2D eigenvalue weighted by Gasteiger charge is -2.35. The summed E-state index contributed by atoms with van der Waals surface area (Å²) >= 11 is 0. The van der Waals surface area contributed by atoms with Crippen LogP contribution in [0.3, 0.4) is 0 Å². The summed E-state index contributed by atoms with van der Waals surface area (Å²) in [5.74, 6) is 0.313. The molecule has 112 valence electrons. The molecule has 21 heavy (non-hydrogen) atoms. The van der Waals surface area contributed by atoms with E-state index in [0.717, 1.165) is 0 Å². The maximum Gasteiger partial charge on any atom is 0.262 e. The maximum absolute atomic E-state index is 12.6. The van der Waals surface area contributed by atoms with Crippen LogP contribution in [0.2, 0.25) is 0 Å². The van der Waals surface area contributed by atoms with Crippen molar-refractivity contribution in [2.75, 3.05) is 25.0 Å². The van der Waals surface area contributed by atoms with Crippen LogP contribution in [-0.4, -0.2) is 48.6 Å². The summed E-state index contributed by atoms with van der Waals surface area (Å²) < 4.78 is 11.0. The van der Waals surface area contributed by atoms with E-state index in [-0.39, 0.29) is 30.6 Å². The Hall–Kier alpha value is -2.08. The van der Waals surface area contributed by atoms with E-state index in [1.165, 1.54) is 0 Å². The predicted molar refractivity (Wildman–Crippen MR) is 76.5 cm³/mol. The monoisotopic (exact) mass is 290 g/mol. The predicted octanol–water partition coefficient (Wildman–Crippen LogP) is 1.27. The van der Waals surface area contributed by atoms with E-state index in [0.29, 0.717) is 30.1 Å². The van der Waals surface area contributed by atoms with E-state index in [4.69, 9.17) is 9.47 Å². The van der Waals surface area contributed by atoms with Gasteiger partial charge < -0.3 is 19.7 Å². The molecule has 1 aromatic rings. The van der Waals surface area contributed by atoms with Gasteiger partial charge in [-0.05, 0) is 32.0 Å². The van der Waals surface area contributed by atoms with Gasteiger partial charge in [-0.15, -0.1) is 0 Å². The number of hydrogen-bond donors (Lipinski definition) is 1. The van der Waals surface area contributed by atoms with Gasteiger partial charge in [0.1, 0.15) is 5.75 Å². The molecule has 6 nitrogen and oxygen atoms in total. The van der Waals surface area contributed by atoms with Gasteiger partial charge in [-0.2, -0.15) is 0 Å². The van der Waals surface area contributed by atoms with Crippen molar-refractivity contribution in [2.45, 2.75) is 26.1 Å². The van der Waals surface area contributed by atoms with Crippen molar-refractivity contribution in [3.8, 4) is 5.75 Å². The van der Waals surface area contributed by atoms with Gasteiger partial charge in [-0.3, -0.25) is 9.59 Å². The van der Waals surface area contributed by atoms with Crippen molar-refractivity contribution in [3.05, 3.63) is 23.8 Å². The third-order valence-corrected chi connectivity index (χ3v) is 3.57. The molecule has 2 atom stereocenters. The standard InChI is InChI=1S/C15H18N2O4/c1-9-6-17(7-10(2)21-9)15(19)11-3-4-12-13(5-11)20-8-14(18)16-12/h3-5,9-10H,6-8H2,1-2H3,(H,16,18)/t9-,10-/m0/s1. The minimum atomic E-state index is -0.183. The fraction of sp³-hybridized carbons (Fsp3) is 0.467. The van der Waals surface area contributed by atoms with Crippen molar-refractivity contribution >= 4 is 17.5 Å². The summed E-state index contributed by atoms with van der Waals surface area (Å²) in [5.41, 5.74) is 1.16. The van der Waals surface area contributed by atoms with Gasteiger partial charge in [0.05, 0.1) is 17.9 Å². The van der Waals surface area contributed by atoms with E-state index < -0.39 is 0 Å². The van der Waals surface area contributed by atoms with Crippen LogP contribution in [0.15, 0.2) is 18.2 Å². The van der Waals surface area contributed by atoms with Crippen LogP contribution in [0, 0.1) is 0 Å². The second kappa shape index (κ2) is 5.37. The number of benzene rings is 1. The average molecular weight is 290 g/mol. The fourth-order valence-corrected chi connectivity index (χ4v) is 2.73. The highest BCUT2D eigenvalue weighted by Crippen LogP contribution is 2.29. The topological polar surface area (TPSA) is 67.9 Å². The lowest BCUT2D eigenvalue weighted by molar-refractivity contribution is -0.118. The van der Waals surface area contributed by atoms with Gasteiger partial charge in [0, 0.05) is 18.7 Å². The van der Waals surface area contributed by atoms with Crippen LogP contribution in [0.4, 0.5) is 5.69 Å². The van der Waals surface area contributed by atoms with E-state index in [1.807, 2.05) is 13.8 Å². The quantitative estimate of drug-likeness (QED) is 0.845. The molecule has 0 unspecified atom stereocenters. The maximum atomic E-state index is 12.6. The molecular formula is C15H18N2O4. The average Bonchev–Trinajstić information content (AvgIpc) is 2.45. The van der Waals surface area contributed by atoms with Crippen molar-refractivity contribution in [3.63, 3.8) is 0 Å². The minimum absolute atomic E-state index is 0.0176. The van der Waals surface area contributed by atoms with Crippen molar-refractivity contribution < 1.29 is 19.1 Å². The van der Waals surface area contributed by atoms with Crippen LogP contribution >= 0.6 is 0 Å². The van der Waals surface area contributed by atoms with E-state index in [1.54, 1.807) is 23.1 Å². The van der Waals surface area contributed by atoms with Crippen LogP contribution in [0.1, 0.15) is 24.2 Å². The second-order valence-electron chi connectivity index (χ2n) is 5.52. The first-order chi connectivity index (χ1) is 10.0. The van der Waals surface area contributed by atoms with Gasteiger partial charge >= 0.3 is 0 Å². The SMILES string of the molecule is C[C@H]1CN(C(=O)c2ccc3c(c2)OCC(=O)N3)C[C@H](C)O1. The van der Waals surface area contributed by atoms with Crippen LogP contribution < -0.4 is 10.1 Å². The Morgan fingerprint density at radius 1 is 1.29 bits per heavy atom. The number of morpholine rings is 1. The molecule has 6 heteroatoms. The van der Waals surface area contributed by atoms with Crippen molar-refractivity contribution in [1.82, 2.24) is 4.90 Å². The molecule has 0 aliphatic carbocycles. The zero-order valence-electron chi connectivity index (χ0n) is 12.1. The van der Waals surface area contributed by atoms with E-state index in [2.05, 4.69) is 5.32 Å². The molecule has 1 fully saturated rings. The first-order valence-electron chi connectivity index (χ1n) is 7.04.